The Bertz CT molecular complexity index is 1750. The lowest BCUT2D eigenvalue weighted by molar-refractivity contribution is -0.190. The number of hydrogen-bond acceptors (Lipinski definition) is 3. The van der Waals surface area contributed by atoms with Crippen LogP contribution < -0.4 is 0 Å². The number of fused-ring (bicyclic) bond motifs is 4. The first-order valence-corrected chi connectivity index (χ1v) is 15.1. The third-order valence-electron chi connectivity index (χ3n) is 9.20. The first-order chi connectivity index (χ1) is 21.4. The van der Waals surface area contributed by atoms with Gasteiger partial charge in [0.05, 0.1) is 11.6 Å². The van der Waals surface area contributed by atoms with Crippen molar-refractivity contribution in [1.29, 1.82) is 0 Å². The van der Waals surface area contributed by atoms with Crippen molar-refractivity contribution in [1.82, 2.24) is 14.8 Å². The van der Waals surface area contributed by atoms with Crippen LogP contribution in [-0.4, -0.2) is 45.5 Å². The number of benzene rings is 4. The minimum atomic E-state index is -4.97. The Morgan fingerprint density at radius 3 is 2.16 bits per heavy atom. The van der Waals surface area contributed by atoms with E-state index in [1.165, 1.54) is 22.3 Å². The summed E-state index contributed by atoms with van der Waals surface area (Å²) in [4.78, 5) is 21.0. The Morgan fingerprint density at radius 1 is 0.818 bits per heavy atom. The molecule has 2 aliphatic rings. The number of carbonyl (C=O) groups is 1. The molecule has 0 bridgehead atoms. The number of piperidine rings is 1. The van der Waals surface area contributed by atoms with Gasteiger partial charge in [-0.25, -0.2) is 0 Å². The molecular weight excluding hydrogens is 559 g/mol. The highest BCUT2D eigenvalue weighted by atomic mass is 19.4. The molecule has 2 heterocycles. The number of para-hydroxylation sites is 1. The summed E-state index contributed by atoms with van der Waals surface area (Å²) in [5, 5.41) is 0.757. The maximum absolute atomic E-state index is 14.2. The lowest BCUT2D eigenvalue weighted by Gasteiger charge is -2.46. The van der Waals surface area contributed by atoms with Gasteiger partial charge in [0.25, 0.3) is 0 Å². The quantitative estimate of drug-likeness (QED) is 0.201. The van der Waals surface area contributed by atoms with Gasteiger partial charge in [-0.05, 0) is 64.8 Å². The molecule has 222 valence electrons. The lowest BCUT2D eigenvalue weighted by atomic mass is 9.87. The van der Waals surface area contributed by atoms with E-state index in [2.05, 4.69) is 70.5 Å². The van der Waals surface area contributed by atoms with Crippen LogP contribution in [0.1, 0.15) is 41.1 Å². The molecule has 4 aromatic carbocycles. The Labute approximate surface area is 254 Å². The number of hydrogen-bond donors (Lipinski definition) is 0. The molecule has 5 aromatic rings. The Morgan fingerprint density at radius 2 is 1.45 bits per heavy atom. The number of alkyl halides is 3. The van der Waals surface area contributed by atoms with Crippen LogP contribution in [0.3, 0.4) is 0 Å². The molecule has 2 unspecified atom stereocenters. The second kappa shape index (κ2) is 11.5. The van der Waals surface area contributed by atoms with Crippen molar-refractivity contribution in [3.8, 4) is 11.1 Å². The molecular formula is C37H32F3N3O. The fourth-order valence-corrected chi connectivity index (χ4v) is 7.25. The highest BCUT2D eigenvalue weighted by Crippen LogP contribution is 2.48. The summed E-state index contributed by atoms with van der Waals surface area (Å²) in [6.45, 7) is 0.438. The van der Waals surface area contributed by atoms with Crippen molar-refractivity contribution >= 4 is 16.8 Å². The Kier molecular flexibility index (Phi) is 7.42. The topological polar surface area (TPSA) is 36.4 Å². The molecule has 1 aromatic heterocycles. The fraction of sp³-hybridized carbons (Fsp3) is 0.243. The van der Waals surface area contributed by atoms with E-state index in [4.69, 9.17) is 0 Å². The average Bonchev–Trinajstić information content (AvgIpc) is 3.38. The van der Waals surface area contributed by atoms with Gasteiger partial charge in [-0.3, -0.25) is 14.7 Å². The summed E-state index contributed by atoms with van der Waals surface area (Å²) >= 11 is 0. The number of nitrogens with zero attached hydrogens (tertiary/aromatic N) is 3. The zero-order chi connectivity index (χ0) is 30.3. The molecule has 1 saturated heterocycles. The van der Waals surface area contributed by atoms with E-state index < -0.39 is 18.1 Å². The summed E-state index contributed by atoms with van der Waals surface area (Å²) in [5.41, 5.74) is 7.32. The zero-order valence-electron chi connectivity index (χ0n) is 24.1. The summed E-state index contributed by atoms with van der Waals surface area (Å²) < 4.78 is 42.5. The van der Waals surface area contributed by atoms with Crippen LogP contribution in [-0.2, 0) is 17.8 Å². The Hall–Kier alpha value is -4.49. The maximum Gasteiger partial charge on any atom is 0.471 e. The lowest BCUT2D eigenvalue weighted by Crippen LogP contribution is -2.55. The van der Waals surface area contributed by atoms with Crippen molar-refractivity contribution in [3.63, 3.8) is 0 Å². The largest absolute Gasteiger partial charge is 0.471 e. The summed E-state index contributed by atoms with van der Waals surface area (Å²) in [5.74, 6) is -1.79. The fourth-order valence-electron chi connectivity index (χ4n) is 7.25. The third kappa shape index (κ3) is 5.26. The SMILES string of the molecule is O=C(N(Cc1ccnc2ccccc12)C1CCN(C2c3ccccc3-c3ccccc32)C(Cc2ccccc2)C1)C(F)(F)F. The molecule has 4 nitrogen and oxygen atoms in total. The molecule has 2 atom stereocenters. The van der Waals surface area contributed by atoms with Crippen molar-refractivity contribution in [2.45, 2.75) is 50.1 Å². The van der Waals surface area contributed by atoms with Gasteiger partial charge in [0.2, 0.25) is 0 Å². The molecule has 1 aliphatic heterocycles. The van der Waals surface area contributed by atoms with Crippen LogP contribution in [0, 0.1) is 0 Å². The van der Waals surface area contributed by atoms with Gasteiger partial charge < -0.3 is 4.90 Å². The molecule has 1 amide bonds. The Balaban J connectivity index is 1.26. The number of pyridine rings is 1. The number of amides is 1. The van der Waals surface area contributed by atoms with Gasteiger partial charge in [0, 0.05) is 36.8 Å². The number of likely N-dealkylation sites (tertiary alicyclic amines) is 1. The van der Waals surface area contributed by atoms with Crippen molar-refractivity contribution in [2.24, 2.45) is 0 Å². The average molecular weight is 592 g/mol. The van der Waals surface area contributed by atoms with E-state index >= 15 is 0 Å². The molecule has 0 radical (unpaired) electrons. The van der Waals surface area contributed by atoms with Crippen LogP contribution in [0.4, 0.5) is 13.2 Å². The molecule has 1 aliphatic carbocycles. The van der Waals surface area contributed by atoms with Gasteiger partial charge in [0.1, 0.15) is 0 Å². The van der Waals surface area contributed by atoms with Gasteiger partial charge >= 0.3 is 12.1 Å². The first kappa shape index (κ1) is 28.3. The molecule has 7 heteroatoms. The van der Waals surface area contributed by atoms with Gasteiger partial charge in [-0.1, -0.05) is 97.1 Å². The zero-order valence-corrected chi connectivity index (χ0v) is 24.1. The van der Waals surface area contributed by atoms with Crippen LogP contribution in [0.15, 0.2) is 115 Å². The van der Waals surface area contributed by atoms with E-state index in [1.807, 2.05) is 42.5 Å². The first-order valence-electron chi connectivity index (χ1n) is 15.1. The monoisotopic (exact) mass is 591 g/mol. The minimum absolute atomic E-state index is 0.00651. The normalized spacial score (nSPS) is 18.6. The number of halogens is 3. The van der Waals surface area contributed by atoms with E-state index in [0.29, 0.717) is 36.9 Å². The van der Waals surface area contributed by atoms with E-state index in [1.54, 1.807) is 12.3 Å². The number of carbonyl (C=O) groups excluding carboxylic acids is 1. The summed E-state index contributed by atoms with van der Waals surface area (Å²) in [7, 11) is 0. The van der Waals surface area contributed by atoms with Crippen LogP contribution in [0.25, 0.3) is 22.0 Å². The molecule has 0 spiro atoms. The van der Waals surface area contributed by atoms with E-state index in [-0.39, 0.29) is 18.6 Å². The predicted molar refractivity (Wildman–Crippen MR) is 166 cm³/mol. The molecule has 7 rings (SSSR count). The van der Waals surface area contributed by atoms with Crippen molar-refractivity contribution < 1.29 is 18.0 Å². The molecule has 0 N–H and O–H groups in total. The maximum atomic E-state index is 14.2. The van der Waals surface area contributed by atoms with Gasteiger partial charge in [0.15, 0.2) is 0 Å². The van der Waals surface area contributed by atoms with E-state index in [0.717, 1.165) is 15.8 Å². The third-order valence-corrected chi connectivity index (χ3v) is 9.20. The van der Waals surface area contributed by atoms with E-state index in [9.17, 15) is 18.0 Å². The highest BCUT2D eigenvalue weighted by molar-refractivity contribution is 5.85. The van der Waals surface area contributed by atoms with Crippen molar-refractivity contribution in [2.75, 3.05) is 6.54 Å². The summed E-state index contributed by atoms with van der Waals surface area (Å²) in [6, 6.07) is 35.4. The van der Waals surface area contributed by atoms with Crippen molar-refractivity contribution in [3.05, 3.63) is 138 Å². The molecule has 1 fully saturated rings. The highest BCUT2D eigenvalue weighted by Gasteiger charge is 2.47. The second-order valence-electron chi connectivity index (χ2n) is 11.8. The summed E-state index contributed by atoms with van der Waals surface area (Å²) in [6.07, 6.45) is -1.83. The number of rotatable bonds is 6. The van der Waals surface area contributed by atoms with Gasteiger partial charge in [-0.15, -0.1) is 0 Å². The smallest absolute Gasteiger partial charge is 0.327 e. The van der Waals surface area contributed by atoms with Crippen LogP contribution >= 0.6 is 0 Å². The van der Waals surface area contributed by atoms with Gasteiger partial charge in [-0.2, -0.15) is 13.2 Å². The number of aromatic nitrogens is 1. The molecule has 0 saturated carbocycles. The van der Waals surface area contributed by atoms with Crippen LogP contribution in [0.5, 0.6) is 0 Å². The minimum Gasteiger partial charge on any atom is -0.327 e. The predicted octanol–water partition coefficient (Wildman–Crippen LogP) is 7.97. The van der Waals surface area contributed by atoms with Crippen LogP contribution in [0.2, 0.25) is 0 Å². The second-order valence-corrected chi connectivity index (χ2v) is 11.8. The standard InChI is InChI=1S/C37H32F3N3O/c38-37(39,40)36(44)43(24-26-18-20-41-34-17-9-8-12-29(26)34)27-19-21-42(28(23-27)22-25-10-2-1-3-11-25)35-32-15-6-4-13-30(32)31-14-5-7-16-33(31)35/h1-18,20,27-28,35H,19,21-24H2. The molecule has 44 heavy (non-hydrogen) atoms.